The lowest BCUT2D eigenvalue weighted by molar-refractivity contribution is -0.143. The van der Waals surface area contributed by atoms with E-state index in [1.165, 1.54) is 0 Å². The number of carbonyl (C=O) groups is 1. The number of carboxylic acids is 1. The van der Waals surface area contributed by atoms with E-state index in [-0.39, 0.29) is 6.61 Å². The van der Waals surface area contributed by atoms with Crippen molar-refractivity contribution < 1.29 is 24.5 Å². The fourth-order valence-electron chi connectivity index (χ4n) is 1.77. The topological polar surface area (TPSA) is 79.2 Å². The van der Waals surface area contributed by atoms with Crippen molar-refractivity contribution in [3.8, 4) is 0 Å². The Balaban J connectivity index is 2.27. The molecule has 0 aromatic rings. The van der Waals surface area contributed by atoms with Crippen LogP contribution in [-0.2, 0) is 14.3 Å². The molecule has 0 aromatic carbocycles. The van der Waals surface area contributed by atoms with Crippen molar-refractivity contribution in [1.82, 2.24) is 4.90 Å². The first-order chi connectivity index (χ1) is 8.65. The Bertz CT molecular complexity index is 254. The molecule has 1 aliphatic heterocycles. The standard InChI is InChI=1S/C11H21NO5S/c1-16-3-4-17-7-9(13)6-12-2-5-18-8-10(12)11(14)15/h9-10,13H,2-8H2,1H3,(H,14,15). The largest absolute Gasteiger partial charge is 0.480 e. The number of rotatable bonds is 8. The molecule has 0 amide bonds. The van der Waals surface area contributed by atoms with Gasteiger partial charge >= 0.3 is 5.97 Å². The predicted octanol–water partition coefficient (Wildman–Crippen LogP) is -0.488. The minimum Gasteiger partial charge on any atom is -0.480 e. The molecule has 0 aromatic heterocycles. The van der Waals surface area contributed by atoms with E-state index >= 15 is 0 Å². The zero-order chi connectivity index (χ0) is 13.4. The number of nitrogens with zero attached hydrogens (tertiary/aromatic N) is 1. The van der Waals surface area contributed by atoms with Gasteiger partial charge in [-0.3, -0.25) is 9.69 Å². The fourth-order valence-corrected chi connectivity index (χ4v) is 2.88. The molecular weight excluding hydrogens is 258 g/mol. The number of aliphatic hydroxyl groups is 1. The number of ether oxygens (including phenoxy) is 2. The zero-order valence-electron chi connectivity index (χ0n) is 10.6. The molecule has 2 atom stereocenters. The number of methoxy groups -OCH3 is 1. The van der Waals surface area contributed by atoms with Crippen LogP contribution in [0.2, 0.25) is 0 Å². The summed E-state index contributed by atoms with van der Waals surface area (Å²) >= 11 is 1.63. The molecule has 7 heteroatoms. The van der Waals surface area contributed by atoms with Gasteiger partial charge in [0, 0.05) is 31.7 Å². The maximum Gasteiger partial charge on any atom is 0.321 e. The van der Waals surface area contributed by atoms with Crippen molar-refractivity contribution in [2.75, 3.05) is 51.5 Å². The van der Waals surface area contributed by atoms with Gasteiger partial charge in [0.25, 0.3) is 0 Å². The summed E-state index contributed by atoms with van der Waals surface area (Å²) in [4.78, 5) is 12.9. The zero-order valence-corrected chi connectivity index (χ0v) is 11.4. The highest BCUT2D eigenvalue weighted by atomic mass is 32.2. The number of β-amino-alcohol motifs (C(OH)–C–C–N with tert-alkyl or cyclic N) is 1. The number of hydrogen-bond acceptors (Lipinski definition) is 6. The maximum atomic E-state index is 11.1. The quantitative estimate of drug-likeness (QED) is 0.581. The number of thioether (sulfide) groups is 1. The van der Waals surface area contributed by atoms with E-state index in [4.69, 9.17) is 14.6 Å². The van der Waals surface area contributed by atoms with E-state index in [2.05, 4.69) is 0 Å². The van der Waals surface area contributed by atoms with Crippen LogP contribution in [0, 0.1) is 0 Å². The van der Waals surface area contributed by atoms with Crippen molar-refractivity contribution in [2.24, 2.45) is 0 Å². The molecule has 2 N–H and O–H groups in total. The third-order valence-corrected chi connectivity index (χ3v) is 3.73. The number of aliphatic hydroxyl groups excluding tert-OH is 1. The lowest BCUT2D eigenvalue weighted by Crippen LogP contribution is -2.50. The molecule has 0 aliphatic carbocycles. The summed E-state index contributed by atoms with van der Waals surface area (Å²) < 4.78 is 10.0. The summed E-state index contributed by atoms with van der Waals surface area (Å²) in [6.07, 6.45) is -0.660. The first kappa shape index (κ1) is 15.7. The lowest BCUT2D eigenvalue weighted by atomic mass is 10.2. The van der Waals surface area contributed by atoms with Crippen LogP contribution in [-0.4, -0.2) is 84.8 Å². The highest BCUT2D eigenvalue weighted by Gasteiger charge is 2.29. The van der Waals surface area contributed by atoms with Crippen LogP contribution in [0.1, 0.15) is 0 Å². The third-order valence-electron chi connectivity index (χ3n) is 2.71. The van der Waals surface area contributed by atoms with Crippen LogP contribution in [0.5, 0.6) is 0 Å². The molecule has 18 heavy (non-hydrogen) atoms. The van der Waals surface area contributed by atoms with E-state index in [9.17, 15) is 9.90 Å². The molecule has 0 spiro atoms. The van der Waals surface area contributed by atoms with Gasteiger partial charge < -0.3 is 19.7 Å². The van der Waals surface area contributed by atoms with Gasteiger partial charge in [-0.05, 0) is 0 Å². The first-order valence-electron chi connectivity index (χ1n) is 5.94. The van der Waals surface area contributed by atoms with Crippen molar-refractivity contribution in [1.29, 1.82) is 0 Å². The van der Waals surface area contributed by atoms with Crippen LogP contribution in [0.3, 0.4) is 0 Å². The van der Waals surface area contributed by atoms with Crippen LogP contribution < -0.4 is 0 Å². The van der Waals surface area contributed by atoms with Gasteiger partial charge in [0.1, 0.15) is 6.04 Å². The van der Waals surface area contributed by atoms with Gasteiger partial charge in [0.05, 0.1) is 25.9 Å². The van der Waals surface area contributed by atoms with E-state index in [0.717, 1.165) is 5.75 Å². The Labute approximate surface area is 111 Å². The summed E-state index contributed by atoms with van der Waals surface area (Å²) in [6, 6.07) is -0.502. The van der Waals surface area contributed by atoms with E-state index in [0.29, 0.717) is 32.1 Å². The van der Waals surface area contributed by atoms with Crippen molar-refractivity contribution >= 4 is 17.7 Å². The first-order valence-corrected chi connectivity index (χ1v) is 7.10. The molecule has 1 fully saturated rings. The average molecular weight is 279 g/mol. The molecule has 2 unspecified atom stereocenters. The average Bonchev–Trinajstić information content (AvgIpc) is 2.35. The normalized spacial score (nSPS) is 22.9. The molecule has 1 aliphatic rings. The van der Waals surface area contributed by atoms with E-state index in [1.807, 2.05) is 4.90 Å². The van der Waals surface area contributed by atoms with E-state index in [1.54, 1.807) is 18.9 Å². The van der Waals surface area contributed by atoms with Crippen molar-refractivity contribution in [2.45, 2.75) is 12.1 Å². The molecule has 1 rings (SSSR count). The van der Waals surface area contributed by atoms with Crippen LogP contribution in [0.25, 0.3) is 0 Å². The second-order valence-electron chi connectivity index (χ2n) is 4.15. The van der Waals surface area contributed by atoms with Gasteiger partial charge in [-0.2, -0.15) is 11.8 Å². The number of carboxylic acid groups (broad SMARTS) is 1. The summed E-state index contributed by atoms with van der Waals surface area (Å²) in [7, 11) is 1.59. The van der Waals surface area contributed by atoms with Gasteiger partial charge in [-0.1, -0.05) is 0 Å². The Hall–Kier alpha value is -0.340. The SMILES string of the molecule is COCCOCC(O)CN1CCSCC1C(=O)O. The van der Waals surface area contributed by atoms with Gasteiger partial charge in [0.2, 0.25) is 0 Å². The molecule has 106 valence electrons. The Morgan fingerprint density at radius 3 is 3.00 bits per heavy atom. The lowest BCUT2D eigenvalue weighted by Gasteiger charge is -2.33. The van der Waals surface area contributed by atoms with Crippen LogP contribution >= 0.6 is 11.8 Å². The van der Waals surface area contributed by atoms with Gasteiger partial charge in [-0.15, -0.1) is 0 Å². The van der Waals surface area contributed by atoms with E-state index < -0.39 is 18.1 Å². The molecule has 1 heterocycles. The Morgan fingerprint density at radius 1 is 1.56 bits per heavy atom. The van der Waals surface area contributed by atoms with Crippen LogP contribution in [0.4, 0.5) is 0 Å². The second kappa shape index (κ2) is 8.71. The monoisotopic (exact) mass is 279 g/mol. The molecule has 6 nitrogen and oxygen atoms in total. The molecular formula is C11H21NO5S. The summed E-state index contributed by atoms with van der Waals surface area (Å²) in [6.45, 7) is 2.16. The minimum absolute atomic E-state index is 0.208. The summed E-state index contributed by atoms with van der Waals surface area (Å²) in [5.74, 6) is 0.655. The number of aliphatic carboxylic acids is 1. The predicted molar refractivity (Wildman–Crippen MR) is 69.0 cm³/mol. The van der Waals surface area contributed by atoms with Gasteiger partial charge in [-0.25, -0.2) is 0 Å². The molecule has 0 saturated carbocycles. The highest BCUT2D eigenvalue weighted by Crippen LogP contribution is 2.16. The van der Waals surface area contributed by atoms with Crippen LogP contribution in [0.15, 0.2) is 0 Å². The minimum atomic E-state index is -0.824. The maximum absolute atomic E-state index is 11.1. The Kier molecular flexibility index (Phi) is 7.60. The fraction of sp³-hybridized carbons (Fsp3) is 0.909. The highest BCUT2D eigenvalue weighted by molar-refractivity contribution is 7.99. The smallest absolute Gasteiger partial charge is 0.321 e. The number of hydrogen-bond donors (Lipinski definition) is 2. The summed E-state index contributed by atoms with van der Waals surface area (Å²) in [5.41, 5.74) is 0. The van der Waals surface area contributed by atoms with Gasteiger partial charge in [0.15, 0.2) is 0 Å². The van der Waals surface area contributed by atoms with Crippen molar-refractivity contribution in [3.63, 3.8) is 0 Å². The Morgan fingerprint density at radius 2 is 2.33 bits per heavy atom. The molecule has 0 radical (unpaired) electrons. The molecule has 0 bridgehead atoms. The summed E-state index contributed by atoms with van der Waals surface area (Å²) in [5, 5.41) is 18.9. The molecule has 1 saturated heterocycles. The second-order valence-corrected chi connectivity index (χ2v) is 5.30. The van der Waals surface area contributed by atoms with Crippen molar-refractivity contribution in [3.05, 3.63) is 0 Å². The third kappa shape index (κ3) is 5.53.